The Bertz CT molecular complexity index is 1010. The van der Waals surface area contributed by atoms with Gasteiger partial charge >= 0.3 is 0 Å². The number of hydrogen-bond donors (Lipinski definition) is 1. The van der Waals surface area contributed by atoms with Gasteiger partial charge in [0.2, 0.25) is 0 Å². The highest BCUT2D eigenvalue weighted by atomic mass is 16.5. The molecule has 26 heavy (non-hydrogen) atoms. The molecule has 2 unspecified atom stereocenters. The molecule has 0 saturated heterocycles. The smallest absolute Gasteiger partial charge is 0.256 e. The molecule has 1 aromatic carbocycles. The molecule has 4 rings (SSSR count). The van der Waals surface area contributed by atoms with Crippen molar-refractivity contribution in [2.24, 2.45) is 11.8 Å². The molecule has 0 fully saturated rings. The molecule has 1 aliphatic heterocycles. The number of nitrogens with zero attached hydrogens (tertiary/aromatic N) is 2. The second kappa shape index (κ2) is 6.12. The molecule has 0 spiro atoms. The van der Waals surface area contributed by atoms with Gasteiger partial charge in [0.1, 0.15) is 5.76 Å². The maximum Gasteiger partial charge on any atom is 0.256 e. The standard InChI is InChI=1S/C20H21N3O3/c1-11-6-12(2)19(24)17-8-14-4-5-15(9-16(14)23(17)10-11)20(25)21-18-7-13(3)26-22-18/h4-5,7-9,11-12H,6,10H2,1-3H3,(H,21,22,25). The van der Waals surface area contributed by atoms with Crippen LogP contribution in [-0.2, 0) is 6.54 Å². The summed E-state index contributed by atoms with van der Waals surface area (Å²) in [5.41, 5.74) is 2.18. The number of carbonyl (C=O) groups excluding carboxylic acids is 2. The summed E-state index contributed by atoms with van der Waals surface area (Å²) in [6.45, 7) is 6.70. The monoisotopic (exact) mass is 351 g/mol. The number of rotatable bonds is 2. The highest BCUT2D eigenvalue weighted by Gasteiger charge is 2.27. The Kier molecular flexibility index (Phi) is 3.90. The molecule has 1 aliphatic rings. The molecule has 6 nitrogen and oxygen atoms in total. The Labute approximate surface area is 151 Å². The SMILES string of the molecule is Cc1cc(NC(=O)c2ccc3cc4n(c3c2)CC(C)CC(C)C4=O)no1. The average molecular weight is 351 g/mol. The zero-order chi connectivity index (χ0) is 18.4. The van der Waals surface area contributed by atoms with E-state index in [4.69, 9.17) is 4.52 Å². The molecular weight excluding hydrogens is 330 g/mol. The summed E-state index contributed by atoms with van der Waals surface area (Å²) in [6.07, 6.45) is 0.883. The Morgan fingerprint density at radius 1 is 1.27 bits per heavy atom. The molecule has 3 aromatic rings. The Morgan fingerprint density at radius 3 is 2.81 bits per heavy atom. The van der Waals surface area contributed by atoms with Crippen molar-refractivity contribution >= 4 is 28.4 Å². The van der Waals surface area contributed by atoms with Gasteiger partial charge in [-0.3, -0.25) is 9.59 Å². The van der Waals surface area contributed by atoms with E-state index in [2.05, 4.69) is 22.0 Å². The summed E-state index contributed by atoms with van der Waals surface area (Å²) in [6, 6.07) is 9.11. The van der Waals surface area contributed by atoms with Gasteiger partial charge in [0.15, 0.2) is 11.6 Å². The van der Waals surface area contributed by atoms with Gasteiger partial charge in [-0.15, -0.1) is 0 Å². The molecular formula is C20H21N3O3. The molecule has 1 N–H and O–H groups in total. The van der Waals surface area contributed by atoms with E-state index in [1.807, 2.05) is 25.1 Å². The van der Waals surface area contributed by atoms with E-state index in [1.165, 1.54) is 0 Å². The lowest BCUT2D eigenvalue weighted by Gasteiger charge is -2.12. The van der Waals surface area contributed by atoms with Crippen molar-refractivity contribution in [1.82, 2.24) is 9.72 Å². The number of aromatic nitrogens is 2. The van der Waals surface area contributed by atoms with Crippen LogP contribution in [0.4, 0.5) is 5.82 Å². The topological polar surface area (TPSA) is 77.1 Å². The van der Waals surface area contributed by atoms with Crippen molar-refractivity contribution in [3.05, 3.63) is 47.3 Å². The predicted octanol–water partition coefficient (Wildman–Crippen LogP) is 4.05. The van der Waals surface area contributed by atoms with Crippen molar-refractivity contribution in [3.8, 4) is 0 Å². The molecule has 134 valence electrons. The third-order valence-electron chi connectivity index (χ3n) is 4.99. The van der Waals surface area contributed by atoms with Gasteiger partial charge in [0.05, 0.1) is 5.69 Å². The molecule has 0 radical (unpaired) electrons. The van der Waals surface area contributed by atoms with Crippen molar-refractivity contribution in [2.45, 2.75) is 33.7 Å². The molecule has 0 bridgehead atoms. The van der Waals surface area contributed by atoms with Gasteiger partial charge in [-0.2, -0.15) is 0 Å². The fourth-order valence-corrected chi connectivity index (χ4v) is 3.76. The highest BCUT2D eigenvalue weighted by Crippen LogP contribution is 2.30. The largest absolute Gasteiger partial charge is 0.360 e. The van der Waals surface area contributed by atoms with E-state index >= 15 is 0 Å². The van der Waals surface area contributed by atoms with Gasteiger partial charge in [-0.1, -0.05) is 25.1 Å². The summed E-state index contributed by atoms with van der Waals surface area (Å²) in [5, 5.41) is 7.50. The van der Waals surface area contributed by atoms with Gasteiger partial charge < -0.3 is 14.4 Å². The van der Waals surface area contributed by atoms with Crippen molar-refractivity contribution in [1.29, 1.82) is 0 Å². The molecule has 0 saturated carbocycles. The number of anilines is 1. The van der Waals surface area contributed by atoms with Crippen LogP contribution in [0.3, 0.4) is 0 Å². The first-order valence-corrected chi connectivity index (χ1v) is 8.84. The van der Waals surface area contributed by atoms with E-state index in [0.717, 1.165) is 29.6 Å². The van der Waals surface area contributed by atoms with Crippen LogP contribution in [0.25, 0.3) is 10.9 Å². The van der Waals surface area contributed by atoms with Crippen molar-refractivity contribution in [3.63, 3.8) is 0 Å². The van der Waals surface area contributed by atoms with Crippen LogP contribution in [0.15, 0.2) is 34.9 Å². The Morgan fingerprint density at radius 2 is 2.08 bits per heavy atom. The number of hydrogen-bond acceptors (Lipinski definition) is 4. The number of Topliss-reactive ketones (excluding diaryl/α,β-unsaturated/α-hetero) is 1. The number of amides is 1. The fourth-order valence-electron chi connectivity index (χ4n) is 3.76. The normalized spacial score (nSPS) is 20.0. The molecule has 1 amide bonds. The summed E-state index contributed by atoms with van der Waals surface area (Å²) in [5.74, 6) is 1.37. The van der Waals surface area contributed by atoms with Gasteiger partial charge in [0, 0.05) is 35.0 Å². The maximum atomic E-state index is 12.7. The molecule has 3 heterocycles. The summed E-state index contributed by atoms with van der Waals surface area (Å²) >= 11 is 0. The van der Waals surface area contributed by atoms with Crippen LogP contribution < -0.4 is 5.32 Å². The second-order valence-corrected chi connectivity index (χ2v) is 7.30. The fraction of sp³-hybridized carbons (Fsp3) is 0.350. The molecule has 2 atom stereocenters. The van der Waals surface area contributed by atoms with Crippen LogP contribution in [0.2, 0.25) is 0 Å². The first-order valence-electron chi connectivity index (χ1n) is 8.84. The lowest BCUT2D eigenvalue weighted by atomic mass is 9.94. The highest BCUT2D eigenvalue weighted by molar-refractivity contribution is 6.07. The molecule has 6 heteroatoms. The first-order chi connectivity index (χ1) is 12.4. The zero-order valence-corrected chi connectivity index (χ0v) is 15.1. The van der Waals surface area contributed by atoms with Crippen molar-refractivity contribution < 1.29 is 14.1 Å². The van der Waals surface area contributed by atoms with Gasteiger partial charge in [-0.05, 0) is 37.5 Å². The minimum atomic E-state index is -0.253. The Balaban J connectivity index is 1.73. The first kappa shape index (κ1) is 16.6. The minimum absolute atomic E-state index is 0.0220. The minimum Gasteiger partial charge on any atom is -0.360 e. The number of nitrogens with one attached hydrogen (secondary N) is 1. The van der Waals surface area contributed by atoms with Crippen LogP contribution >= 0.6 is 0 Å². The van der Waals surface area contributed by atoms with E-state index in [0.29, 0.717) is 23.1 Å². The average Bonchev–Trinajstić information content (AvgIpc) is 3.14. The van der Waals surface area contributed by atoms with E-state index < -0.39 is 0 Å². The second-order valence-electron chi connectivity index (χ2n) is 7.30. The van der Waals surface area contributed by atoms with E-state index in [1.54, 1.807) is 19.1 Å². The van der Waals surface area contributed by atoms with Crippen LogP contribution in [0.1, 0.15) is 46.9 Å². The lowest BCUT2D eigenvalue weighted by Crippen LogP contribution is -2.13. The lowest BCUT2D eigenvalue weighted by molar-refractivity contribution is 0.0917. The van der Waals surface area contributed by atoms with Crippen molar-refractivity contribution in [2.75, 3.05) is 5.32 Å². The van der Waals surface area contributed by atoms with Crippen LogP contribution in [0.5, 0.6) is 0 Å². The number of benzene rings is 1. The number of aryl methyl sites for hydroxylation is 1. The number of carbonyl (C=O) groups is 2. The maximum absolute atomic E-state index is 12.7. The number of ketones is 1. The third kappa shape index (κ3) is 2.81. The van der Waals surface area contributed by atoms with Gasteiger partial charge in [0.25, 0.3) is 5.91 Å². The predicted molar refractivity (Wildman–Crippen MR) is 98.4 cm³/mol. The van der Waals surface area contributed by atoms with Crippen LogP contribution in [-0.4, -0.2) is 21.4 Å². The Hall–Kier alpha value is -2.89. The number of fused-ring (bicyclic) bond motifs is 3. The summed E-state index contributed by atoms with van der Waals surface area (Å²) in [4.78, 5) is 25.2. The zero-order valence-electron chi connectivity index (χ0n) is 15.1. The van der Waals surface area contributed by atoms with Gasteiger partial charge in [-0.25, -0.2) is 0 Å². The molecule has 0 aliphatic carbocycles. The van der Waals surface area contributed by atoms with Crippen LogP contribution in [0, 0.1) is 18.8 Å². The molecule has 2 aromatic heterocycles. The third-order valence-corrected chi connectivity index (χ3v) is 4.99. The van der Waals surface area contributed by atoms with E-state index in [9.17, 15) is 9.59 Å². The summed E-state index contributed by atoms with van der Waals surface area (Å²) < 4.78 is 7.03. The quantitative estimate of drug-likeness (QED) is 0.755. The summed E-state index contributed by atoms with van der Waals surface area (Å²) in [7, 11) is 0. The van der Waals surface area contributed by atoms with E-state index in [-0.39, 0.29) is 17.6 Å².